The molecule has 0 fully saturated rings. The van der Waals surface area contributed by atoms with Crippen LogP contribution in [0.15, 0.2) is 60.7 Å². The summed E-state index contributed by atoms with van der Waals surface area (Å²) in [5.74, 6) is 0. The van der Waals surface area contributed by atoms with Crippen LogP contribution in [-0.4, -0.2) is 11.7 Å². The number of hydrogen-bond donors (Lipinski definition) is 1. The van der Waals surface area contributed by atoms with Crippen LogP contribution in [0.4, 0.5) is 0 Å². The summed E-state index contributed by atoms with van der Waals surface area (Å²) in [5.41, 5.74) is 0. The van der Waals surface area contributed by atoms with Gasteiger partial charge in [-0.3, -0.25) is 0 Å². The Morgan fingerprint density at radius 3 is 1.36 bits per heavy atom. The molecule has 0 aliphatic rings. The molecule has 0 spiro atoms. The molecular formula is C12H16FeO-6. The number of aliphatic hydroxyl groups is 1. The number of hydrogen-bond acceptors (Lipinski definition) is 1. The summed E-state index contributed by atoms with van der Waals surface area (Å²) in [6, 6.07) is 20.0. The zero-order valence-electron chi connectivity index (χ0n) is 8.28. The van der Waals surface area contributed by atoms with Crippen molar-refractivity contribution in [1.82, 2.24) is 0 Å². The first kappa shape index (κ1) is 15.6. The van der Waals surface area contributed by atoms with E-state index < -0.39 is 0 Å². The minimum Gasteiger partial charge on any atom is -0.748 e. The first-order chi connectivity index (χ1) is 6.41. The summed E-state index contributed by atoms with van der Waals surface area (Å²) in [5, 5.41) is 7.57. The Bertz CT molecular complexity index is 162. The molecule has 0 unspecified atom stereocenters. The zero-order valence-corrected chi connectivity index (χ0v) is 9.39. The monoisotopic (exact) mass is 232 g/mol. The minimum absolute atomic E-state index is 0. The van der Waals surface area contributed by atoms with E-state index in [1.54, 1.807) is 6.92 Å². The van der Waals surface area contributed by atoms with Crippen LogP contribution in [0.2, 0.25) is 0 Å². The molecule has 0 atom stereocenters. The van der Waals surface area contributed by atoms with Crippen LogP contribution in [-0.2, 0) is 17.1 Å². The number of rotatable bonds is 0. The van der Waals surface area contributed by atoms with Gasteiger partial charge in [-0.1, -0.05) is 0 Å². The van der Waals surface area contributed by atoms with E-state index >= 15 is 0 Å². The molecule has 2 aromatic rings. The predicted molar refractivity (Wildman–Crippen MR) is 56.8 cm³/mol. The molecule has 1 N–H and O–H groups in total. The first-order valence-corrected chi connectivity index (χ1v) is 4.36. The van der Waals surface area contributed by atoms with Gasteiger partial charge in [-0.2, -0.15) is 18.2 Å². The van der Waals surface area contributed by atoms with Crippen molar-refractivity contribution >= 4 is 0 Å². The molecule has 84 valence electrons. The summed E-state index contributed by atoms with van der Waals surface area (Å²) < 4.78 is 0. The predicted octanol–water partition coefficient (Wildman–Crippen LogP) is 2.81. The zero-order chi connectivity index (χ0) is 9.78. The van der Waals surface area contributed by atoms with E-state index in [1.807, 2.05) is 60.7 Å². The maximum Gasteiger partial charge on any atom is 0.0402 e. The van der Waals surface area contributed by atoms with Crippen molar-refractivity contribution in [2.45, 2.75) is 6.92 Å². The third-order valence-corrected chi connectivity index (χ3v) is 1.11. The van der Waals surface area contributed by atoms with Crippen molar-refractivity contribution in [3.8, 4) is 0 Å². The van der Waals surface area contributed by atoms with Gasteiger partial charge < -0.3 is 35.4 Å². The molecule has 0 saturated carbocycles. The van der Waals surface area contributed by atoms with Gasteiger partial charge >= 0.3 is 0 Å². The second kappa shape index (κ2) is 14.7. The van der Waals surface area contributed by atoms with Crippen LogP contribution in [0, 0.1) is 0 Å². The van der Waals surface area contributed by atoms with Crippen LogP contribution in [0.3, 0.4) is 0 Å². The summed E-state index contributed by atoms with van der Waals surface area (Å²) in [4.78, 5) is 0. The van der Waals surface area contributed by atoms with Gasteiger partial charge in [0.05, 0.1) is 0 Å². The average Bonchev–Trinajstić information content (AvgIpc) is 2.85. The van der Waals surface area contributed by atoms with Crippen molar-refractivity contribution in [3.63, 3.8) is 0 Å². The average molecular weight is 232 g/mol. The van der Waals surface area contributed by atoms with Crippen LogP contribution < -0.4 is 0 Å². The Morgan fingerprint density at radius 1 is 0.929 bits per heavy atom. The SMILES string of the molecule is CCO.[Fe].[cH-]1[cH-][cH-][cH-][cH-]1.c1cc[cH-]c1. The molecule has 0 aliphatic heterocycles. The fourth-order valence-corrected chi connectivity index (χ4v) is 0.642. The topological polar surface area (TPSA) is 20.2 Å². The molecular weight excluding hydrogens is 216 g/mol. The van der Waals surface area contributed by atoms with Gasteiger partial charge in [0.25, 0.3) is 0 Å². The quantitative estimate of drug-likeness (QED) is 0.547. The second-order valence-electron chi connectivity index (χ2n) is 2.24. The van der Waals surface area contributed by atoms with Crippen molar-refractivity contribution in [2.24, 2.45) is 0 Å². The fraction of sp³-hybridized carbons (Fsp3) is 0.167. The van der Waals surface area contributed by atoms with Crippen molar-refractivity contribution in [2.75, 3.05) is 6.61 Å². The second-order valence-corrected chi connectivity index (χ2v) is 2.24. The molecule has 2 rings (SSSR count). The van der Waals surface area contributed by atoms with E-state index in [-0.39, 0.29) is 23.7 Å². The van der Waals surface area contributed by atoms with Crippen molar-refractivity contribution < 1.29 is 22.2 Å². The molecule has 0 amide bonds. The third kappa shape index (κ3) is 13.7. The summed E-state index contributed by atoms with van der Waals surface area (Å²) in [7, 11) is 0. The molecule has 1 nitrogen and oxygen atoms in total. The maximum absolute atomic E-state index is 7.57. The van der Waals surface area contributed by atoms with Crippen LogP contribution in [0.5, 0.6) is 0 Å². The molecule has 0 radical (unpaired) electrons. The minimum atomic E-state index is 0. The van der Waals surface area contributed by atoms with E-state index in [1.165, 1.54) is 0 Å². The van der Waals surface area contributed by atoms with E-state index in [0.717, 1.165) is 0 Å². The molecule has 0 aromatic heterocycles. The fourth-order valence-electron chi connectivity index (χ4n) is 0.642. The van der Waals surface area contributed by atoms with Gasteiger partial charge in [0.1, 0.15) is 0 Å². The molecule has 0 heterocycles. The van der Waals surface area contributed by atoms with E-state index in [0.29, 0.717) is 0 Å². The van der Waals surface area contributed by atoms with Crippen LogP contribution in [0.25, 0.3) is 0 Å². The van der Waals surface area contributed by atoms with Gasteiger partial charge in [0.2, 0.25) is 0 Å². The van der Waals surface area contributed by atoms with Gasteiger partial charge in [0.15, 0.2) is 0 Å². The van der Waals surface area contributed by atoms with Crippen molar-refractivity contribution in [3.05, 3.63) is 60.7 Å². The Morgan fingerprint density at radius 2 is 1.21 bits per heavy atom. The Kier molecular flexibility index (Phi) is 16.4. The van der Waals surface area contributed by atoms with Gasteiger partial charge in [-0.05, 0) is 6.92 Å². The van der Waals surface area contributed by atoms with Crippen LogP contribution in [0.1, 0.15) is 6.92 Å². The van der Waals surface area contributed by atoms with Gasteiger partial charge in [0, 0.05) is 23.7 Å². The largest absolute Gasteiger partial charge is 0.748 e. The van der Waals surface area contributed by atoms with Crippen molar-refractivity contribution in [1.29, 1.82) is 0 Å². The summed E-state index contributed by atoms with van der Waals surface area (Å²) in [6.45, 7) is 1.93. The molecule has 0 saturated heterocycles. The first-order valence-electron chi connectivity index (χ1n) is 4.36. The molecule has 0 bridgehead atoms. The Labute approximate surface area is 96.6 Å². The molecule has 2 heteroatoms. The smallest absolute Gasteiger partial charge is 0.0402 e. The van der Waals surface area contributed by atoms with Gasteiger partial charge in [-0.15, -0.1) is 0 Å². The summed E-state index contributed by atoms with van der Waals surface area (Å²) >= 11 is 0. The summed E-state index contributed by atoms with van der Waals surface area (Å²) in [6.07, 6.45) is 0. The molecule has 14 heavy (non-hydrogen) atoms. The Balaban J connectivity index is 0. The van der Waals surface area contributed by atoms with Gasteiger partial charge in [-0.25, -0.2) is 12.1 Å². The molecule has 0 aliphatic carbocycles. The van der Waals surface area contributed by atoms with E-state index in [9.17, 15) is 0 Å². The van der Waals surface area contributed by atoms with E-state index in [2.05, 4.69) is 0 Å². The molecule has 2 aromatic carbocycles. The van der Waals surface area contributed by atoms with Crippen LogP contribution >= 0.6 is 0 Å². The standard InChI is InChI=1S/2C5H5.C2H6O.Fe/c2*1-2-4-5-3-1;1-2-3;/h2*1-5H;3H,2H2,1H3;/q-5;-1;;. The number of aliphatic hydroxyl groups excluding tert-OH is 1. The maximum atomic E-state index is 7.57. The van der Waals surface area contributed by atoms with E-state index in [4.69, 9.17) is 5.11 Å². The Hall–Kier alpha value is -0.821. The third-order valence-electron chi connectivity index (χ3n) is 1.11. The normalized spacial score (nSPS) is 7.00.